The Morgan fingerprint density at radius 1 is 1.50 bits per heavy atom. The highest BCUT2D eigenvalue weighted by atomic mass is 19.3. The van der Waals surface area contributed by atoms with Gasteiger partial charge in [-0.15, -0.1) is 10.2 Å². The maximum absolute atomic E-state index is 12.7. The highest BCUT2D eigenvalue weighted by molar-refractivity contribution is 5.82. The van der Waals surface area contributed by atoms with E-state index in [9.17, 15) is 13.6 Å². The zero-order chi connectivity index (χ0) is 13.3. The Morgan fingerprint density at radius 2 is 2.17 bits per heavy atom. The van der Waals surface area contributed by atoms with E-state index in [1.165, 1.54) is 6.42 Å². The van der Waals surface area contributed by atoms with Crippen molar-refractivity contribution in [3.63, 3.8) is 0 Å². The summed E-state index contributed by atoms with van der Waals surface area (Å²) in [6, 6.07) is 0. The number of rotatable bonds is 4. The molecule has 18 heavy (non-hydrogen) atoms. The zero-order valence-corrected chi connectivity index (χ0v) is 10.4. The van der Waals surface area contributed by atoms with Crippen LogP contribution in [0.3, 0.4) is 0 Å². The third kappa shape index (κ3) is 2.49. The Hall–Kier alpha value is -1.53. The van der Waals surface area contributed by atoms with Crippen molar-refractivity contribution in [2.75, 3.05) is 0 Å². The molecule has 0 aromatic carbocycles. The maximum Gasteiger partial charge on any atom is 0.321 e. The number of aromatic nitrogens is 3. The van der Waals surface area contributed by atoms with Crippen molar-refractivity contribution in [2.24, 2.45) is 7.05 Å². The van der Waals surface area contributed by atoms with E-state index in [0.29, 0.717) is 18.7 Å². The van der Waals surface area contributed by atoms with Gasteiger partial charge >= 0.3 is 5.92 Å². The van der Waals surface area contributed by atoms with Crippen LogP contribution >= 0.6 is 0 Å². The van der Waals surface area contributed by atoms with E-state index < -0.39 is 11.8 Å². The van der Waals surface area contributed by atoms with Gasteiger partial charge in [0.15, 0.2) is 5.82 Å². The lowest BCUT2D eigenvalue weighted by atomic mass is 9.85. The first-order valence-corrected chi connectivity index (χ1v) is 5.94. The smallest absolute Gasteiger partial charge is 0.321 e. The number of amides is 1. The molecule has 1 heterocycles. The molecule has 1 aliphatic rings. The molecular formula is C11H16F2N4O. The van der Waals surface area contributed by atoms with Crippen LogP contribution < -0.4 is 5.32 Å². The molecule has 100 valence electrons. The molecule has 1 saturated carbocycles. The van der Waals surface area contributed by atoms with Gasteiger partial charge in [-0.2, -0.15) is 8.78 Å². The van der Waals surface area contributed by atoms with E-state index >= 15 is 0 Å². The second-order valence-electron chi connectivity index (χ2n) is 4.73. The number of alkyl halides is 2. The van der Waals surface area contributed by atoms with Gasteiger partial charge in [0.05, 0.1) is 6.54 Å². The van der Waals surface area contributed by atoms with E-state index in [1.807, 2.05) is 0 Å². The molecule has 1 aromatic rings. The quantitative estimate of drug-likeness (QED) is 0.887. The molecule has 2 rings (SSSR count). The van der Waals surface area contributed by atoms with Crippen LogP contribution in [0.1, 0.15) is 43.8 Å². The van der Waals surface area contributed by atoms with Gasteiger partial charge < -0.3 is 9.88 Å². The molecule has 0 saturated heterocycles. The number of carbonyl (C=O) groups is 1. The van der Waals surface area contributed by atoms with Crippen molar-refractivity contribution in [1.29, 1.82) is 0 Å². The molecule has 0 bridgehead atoms. The van der Waals surface area contributed by atoms with Crippen LogP contribution in [0.25, 0.3) is 0 Å². The van der Waals surface area contributed by atoms with Crippen molar-refractivity contribution in [2.45, 2.75) is 44.6 Å². The summed E-state index contributed by atoms with van der Waals surface area (Å²) in [5, 5.41) is 10.1. The van der Waals surface area contributed by atoms with Gasteiger partial charge in [-0.1, -0.05) is 6.42 Å². The fraction of sp³-hybridized carbons (Fsp3) is 0.727. The lowest BCUT2D eigenvalue weighted by Crippen LogP contribution is -2.37. The molecule has 1 aliphatic carbocycles. The zero-order valence-electron chi connectivity index (χ0n) is 10.4. The first-order valence-electron chi connectivity index (χ1n) is 5.94. The Labute approximate surface area is 104 Å². The van der Waals surface area contributed by atoms with Gasteiger partial charge in [-0.3, -0.25) is 4.79 Å². The fourth-order valence-corrected chi connectivity index (χ4v) is 1.87. The lowest BCUT2D eigenvalue weighted by Gasteiger charge is -2.24. The van der Waals surface area contributed by atoms with Gasteiger partial charge in [-0.25, -0.2) is 0 Å². The van der Waals surface area contributed by atoms with Crippen LogP contribution in [-0.2, 0) is 18.4 Å². The third-order valence-corrected chi connectivity index (χ3v) is 3.27. The summed E-state index contributed by atoms with van der Waals surface area (Å²) in [7, 11) is 1.79. The summed E-state index contributed by atoms with van der Waals surface area (Å²) < 4.78 is 27.1. The van der Waals surface area contributed by atoms with E-state index in [0.717, 1.165) is 18.7 Å². The van der Waals surface area contributed by atoms with Crippen molar-refractivity contribution in [3.8, 4) is 0 Å². The molecule has 1 amide bonds. The molecule has 7 heteroatoms. The van der Waals surface area contributed by atoms with Crippen molar-refractivity contribution >= 4 is 5.91 Å². The Kier molecular flexibility index (Phi) is 3.32. The largest absolute Gasteiger partial charge is 0.344 e. The summed E-state index contributed by atoms with van der Waals surface area (Å²) in [5.41, 5.74) is 0. The normalized spacial score (nSPS) is 16.4. The highest BCUT2D eigenvalue weighted by Gasteiger charge is 2.32. The predicted molar refractivity (Wildman–Crippen MR) is 60.1 cm³/mol. The van der Waals surface area contributed by atoms with Crippen LogP contribution in [0.15, 0.2) is 0 Å². The summed E-state index contributed by atoms with van der Waals surface area (Å²) in [6.07, 6.45) is 3.36. The van der Waals surface area contributed by atoms with Crippen molar-refractivity contribution < 1.29 is 13.6 Å². The number of halogens is 2. The van der Waals surface area contributed by atoms with E-state index in [-0.39, 0.29) is 6.54 Å². The van der Waals surface area contributed by atoms with Crippen LogP contribution in [0.4, 0.5) is 8.78 Å². The summed E-state index contributed by atoms with van der Waals surface area (Å²) >= 11 is 0. The second kappa shape index (κ2) is 4.62. The van der Waals surface area contributed by atoms with Gasteiger partial charge in [0, 0.05) is 19.9 Å². The van der Waals surface area contributed by atoms with Gasteiger partial charge in [0.2, 0.25) is 0 Å². The molecule has 5 nitrogen and oxygen atoms in total. The summed E-state index contributed by atoms with van der Waals surface area (Å²) in [5.74, 6) is -2.88. The average molecular weight is 258 g/mol. The van der Waals surface area contributed by atoms with Gasteiger partial charge in [0.1, 0.15) is 5.82 Å². The Morgan fingerprint density at radius 3 is 2.67 bits per heavy atom. The predicted octanol–water partition coefficient (Wildman–Crippen LogP) is 1.35. The Balaban J connectivity index is 1.98. The van der Waals surface area contributed by atoms with Gasteiger partial charge in [-0.05, 0) is 12.8 Å². The van der Waals surface area contributed by atoms with E-state index in [2.05, 4.69) is 15.5 Å². The molecule has 1 N–H and O–H groups in total. The molecule has 0 radical (unpaired) electrons. The highest BCUT2D eigenvalue weighted by Crippen LogP contribution is 2.35. The maximum atomic E-state index is 12.7. The third-order valence-electron chi connectivity index (χ3n) is 3.27. The van der Waals surface area contributed by atoms with Crippen molar-refractivity contribution in [3.05, 3.63) is 11.6 Å². The lowest BCUT2D eigenvalue weighted by molar-refractivity contribution is -0.143. The first kappa shape index (κ1) is 12.9. The monoisotopic (exact) mass is 258 g/mol. The molecule has 1 fully saturated rings. The minimum atomic E-state index is -3.37. The molecule has 0 unspecified atom stereocenters. The molecule has 1 aromatic heterocycles. The van der Waals surface area contributed by atoms with E-state index in [1.54, 1.807) is 11.6 Å². The van der Waals surface area contributed by atoms with Gasteiger partial charge in [0.25, 0.3) is 5.91 Å². The van der Waals surface area contributed by atoms with Crippen molar-refractivity contribution in [1.82, 2.24) is 20.1 Å². The minimum absolute atomic E-state index is 0.0293. The molecule has 0 atom stereocenters. The number of carbonyl (C=O) groups excluding carboxylic acids is 1. The minimum Gasteiger partial charge on any atom is -0.344 e. The molecule has 0 spiro atoms. The number of hydrogen-bond acceptors (Lipinski definition) is 3. The molecular weight excluding hydrogens is 242 g/mol. The summed E-state index contributed by atoms with van der Waals surface area (Å²) in [4.78, 5) is 11.0. The number of hydrogen-bond donors (Lipinski definition) is 1. The molecule has 0 aliphatic heterocycles. The van der Waals surface area contributed by atoms with Crippen LogP contribution in [0, 0.1) is 0 Å². The van der Waals surface area contributed by atoms with E-state index in [4.69, 9.17) is 0 Å². The average Bonchev–Trinajstić information content (AvgIpc) is 2.54. The number of nitrogens with one attached hydrogen (secondary N) is 1. The second-order valence-corrected chi connectivity index (χ2v) is 4.73. The van der Waals surface area contributed by atoms with Crippen LogP contribution in [0.2, 0.25) is 0 Å². The first-order chi connectivity index (χ1) is 8.39. The topological polar surface area (TPSA) is 59.8 Å². The standard InChI is InChI=1S/C11H16F2N4O/c1-11(12,13)10(18)14-6-8-15-16-9(17(8)2)7-4-3-5-7/h7H,3-6H2,1-2H3,(H,14,18). The Bertz CT molecular complexity index is 448. The SMILES string of the molecule is Cn1c(CNC(=O)C(C)(F)F)nnc1C1CCC1. The summed E-state index contributed by atoms with van der Waals surface area (Å²) in [6.45, 7) is 0.539. The fourth-order valence-electron chi connectivity index (χ4n) is 1.87. The van der Waals surface area contributed by atoms with Crippen LogP contribution in [0.5, 0.6) is 0 Å². The van der Waals surface area contributed by atoms with Crippen LogP contribution in [-0.4, -0.2) is 26.6 Å². The number of nitrogens with zero attached hydrogens (tertiary/aromatic N) is 3.